The third-order valence-electron chi connectivity index (χ3n) is 1.15. The minimum atomic E-state index is 0. The fourth-order valence-electron chi connectivity index (χ4n) is 0.577. The first kappa shape index (κ1) is 19.6. The monoisotopic (exact) mass is 216 g/mol. The van der Waals surface area contributed by atoms with E-state index < -0.39 is 0 Å². The summed E-state index contributed by atoms with van der Waals surface area (Å²) in [5.41, 5.74) is 0. The molecule has 13 heavy (non-hydrogen) atoms. The second-order valence-corrected chi connectivity index (χ2v) is 6.92. The van der Waals surface area contributed by atoms with Gasteiger partial charge < -0.3 is 6.53 Å². The SMILES string of the molecule is CC[O-].C[CH2][Al+][CH2]C.C[CH2][Al+][CH2]C.[H-]. The Labute approximate surface area is 99.2 Å². The molecule has 1 nitrogen and oxygen atoms in total. The Kier molecular flexibility index (Phi) is 44.0. The van der Waals surface area contributed by atoms with Gasteiger partial charge in [0, 0.05) is 0 Å². The zero-order chi connectivity index (χ0) is 10.9. The van der Waals surface area contributed by atoms with E-state index in [2.05, 4.69) is 27.7 Å². The second kappa shape index (κ2) is 29.2. The van der Waals surface area contributed by atoms with Crippen molar-refractivity contribution in [1.29, 1.82) is 0 Å². The number of rotatable bonds is 4. The molecule has 0 aromatic heterocycles. The summed E-state index contributed by atoms with van der Waals surface area (Å²) in [4.78, 5) is 0. The van der Waals surface area contributed by atoms with Crippen LogP contribution in [-0.4, -0.2) is 37.0 Å². The van der Waals surface area contributed by atoms with Crippen LogP contribution in [0.5, 0.6) is 0 Å². The quantitative estimate of drug-likeness (QED) is 0.662. The van der Waals surface area contributed by atoms with Gasteiger partial charge in [0.2, 0.25) is 0 Å². The Balaban J connectivity index is -0.0000000535. The van der Waals surface area contributed by atoms with Gasteiger partial charge in [0.15, 0.2) is 0 Å². The first-order chi connectivity index (χ1) is 6.24. The first-order valence-corrected chi connectivity index (χ1v) is 8.72. The molecule has 0 N–H and O–H groups in total. The zero-order valence-corrected chi connectivity index (χ0v) is 12.4. The van der Waals surface area contributed by atoms with Gasteiger partial charge >= 0.3 is 79.3 Å². The first-order valence-electron chi connectivity index (χ1n) is 5.46. The Morgan fingerprint density at radius 1 is 0.769 bits per heavy atom. The van der Waals surface area contributed by atoms with Gasteiger partial charge in [0.25, 0.3) is 0 Å². The molecule has 0 atom stereocenters. The minimum absolute atomic E-state index is 0. The van der Waals surface area contributed by atoms with Crippen molar-refractivity contribution in [3.8, 4) is 0 Å². The normalized spacial score (nSPS) is 6.62. The molecule has 0 amide bonds. The molecular formula is C10H26Al2O. The van der Waals surface area contributed by atoms with Crippen molar-refractivity contribution in [3.05, 3.63) is 0 Å². The molecule has 0 saturated carbocycles. The van der Waals surface area contributed by atoms with Gasteiger partial charge in [-0.05, 0) is 0 Å². The van der Waals surface area contributed by atoms with Gasteiger partial charge in [-0.2, -0.15) is 0 Å². The smallest absolute Gasteiger partial charge is 1.00 e. The van der Waals surface area contributed by atoms with Crippen LogP contribution in [0.25, 0.3) is 0 Å². The fraction of sp³-hybridized carbons (Fsp3) is 1.00. The molecule has 0 bridgehead atoms. The van der Waals surface area contributed by atoms with Crippen LogP contribution < -0.4 is 5.11 Å². The van der Waals surface area contributed by atoms with Crippen LogP contribution in [0.2, 0.25) is 21.1 Å². The summed E-state index contributed by atoms with van der Waals surface area (Å²) in [5.74, 6) is 0. The van der Waals surface area contributed by atoms with Crippen molar-refractivity contribution >= 4 is 30.4 Å². The molecule has 0 radical (unpaired) electrons. The van der Waals surface area contributed by atoms with Crippen LogP contribution in [0.3, 0.4) is 0 Å². The van der Waals surface area contributed by atoms with Crippen molar-refractivity contribution < 1.29 is 6.53 Å². The summed E-state index contributed by atoms with van der Waals surface area (Å²) >= 11 is 1.63. The summed E-state index contributed by atoms with van der Waals surface area (Å²) in [5, 5.41) is 14.6. The van der Waals surface area contributed by atoms with Gasteiger partial charge in [0.05, 0.1) is 0 Å². The molecule has 0 rings (SSSR count). The van der Waals surface area contributed by atoms with Crippen molar-refractivity contribution in [2.45, 2.75) is 55.7 Å². The molecule has 0 aliphatic carbocycles. The van der Waals surface area contributed by atoms with E-state index >= 15 is 0 Å². The van der Waals surface area contributed by atoms with E-state index in [-0.39, 0.29) is 8.03 Å². The summed E-state index contributed by atoms with van der Waals surface area (Å²) in [7, 11) is 0. The van der Waals surface area contributed by atoms with Crippen LogP contribution in [0.1, 0.15) is 36.0 Å². The van der Waals surface area contributed by atoms with Crippen LogP contribution >= 0.6 is 0 Å². The molecule has 3 heteroatoms. The molecule has 0 saturated heterocycles. The maximum atomic E-state index is 8.93. The molecule has 0 aliphatic heterocycles. The van der Waals surface area contributed by atoms with Crippen molar-refractivity contribution in [3.63, 3.8) is 0 Å². The van der Waals surface area contributed by atoms with Gasteiger partial charge in [-0.25, -0.2) is 0 Å². The van der Waals surface area contributed by atoms with E-state index in [1.54, 1.807) is 6.92 Å². The second-order valence-electron chi connectivity index (χ2n) is 2.50. The Bertz CT molecular complexity index is 47.4. The fourth-order valence-corrected chi connectivity index (χ4v) is 1.73. The van der Waals surface area contributed by atoms with Crippen LogP contribution in [-0.2, 0) is 0 Å². The Morgan fingerprint density at radius 3 is 0.923 bits per heavy atom. The third kappa shape index (κ3) is 62.7. The minimum Gasteiger partial charge on any atom is -1.00 e. The average molecular weight is 216 g/mol. The van der Waals surface area contributed by atoms with E-state index in [0.29, 0.717) is 0 Å². The molecule has 0 fully saturated rings. The van der Waals surface area contributed by atoms with E-state index in [4.69, 9.17) is 5.11 Å². The summed E-state index contributed by atoms with van der Waals surface area (Å²) in [6, 6.07) is 0. The standard InChI is InChI=1S/C2H5O.4C2H5.2Al.H/c1-2-3;4*1-2;;;/h2H2,1H3;4*1H2,2H3;;;/q-1;;;;;2*+1;-1. The summed E-state index contributed by atoms with van der Waals surface area (Å²) in [6.07, 6.45) is 0. The van der Waals surface area contributed by atoms with Crippen molar-refractivity contribution in [2.75, 3.05) is 6.61 Å². The van der Waals surface area contributed by atoms with Crippen molar-refractivity contribution in [2.24, 2.45) is 0 Å². The summed E-state index contributed by atoms with van der Waals surface area (Å²) < 4.78 is 0. The van der Waals surface area contributed by atoms with E-state index in [9.17, 15) is 0 Å². The largest absolute Gasteiger partial charge is 1.00 e. The van der Waals surface area contributed by atoms with Gasteiger partial charge in [0.1, 0.15) is 0 Å². The van der Waals surface area contributed by atoms with E-state index in [1.165, 1.54) is 21.1 Å². The van der Waals surface area contributed by atoms with Gasteiger partial charge in [-0.3, -0.25) is 0 Å². The maximum absolute atomic E-state index is 8.93. The predicted octanol–water partition coefficient (Wildman–Crippen LogP) is 2.61. The van der Waals surface area contributed by atoms with E-state index in [0.717, 1.165) is 30.4 Å². The van der Waals surface area contributed by atoms with E-state index in [1.807, 2.05) is 0 Å². The van der Waals surface area contributed by atoms with Crippen LogP contribution in [0.15, 0.2) is 0 Å². The average Bonchev–Trinajstić information content (AvgIpc) is 2.09. The zero-order valence-electron chi connectivity index (χ0n) is 11.1. The van der Waals surface area contributed by atoms with Gasteiger partial charge in [-0.1, -0.05) is 6.92 Å². The van der Waals surface area contributed by atoms with Crippen LogP contribution in [0.4, 0.5) is 0 Å². The number of hydrogen-bond acceptors (Lipinski definition) is 1. The molecule has 0 aliphatic rings. The molecule has 0 aromatic rings. The molecule has 0 spiro atoms. The molecule has 78 valence electrons. The number of hydrogen-bond donors (Lipinski definition) is 0. The molecule has 0 heterocycles. The Morgan fingerprint density at radius 2 is 0.923 bits per heavy atom. The van der Waals surface area contributed by atoms with Crippen molar-refractivity contribution in [1.82, 2.24) is 0 Å². The van der Waals surface area contributed by atoms with Crippen LogP contribution in [0, 0.1) is 0 Å². The molecule has 0 aromatic carbocycles. The predicted molar refractivity (Wildman–Crippen MR) is 65.1 cm³/mol. The molecular weight excluding hydrogens is 190 g/mol. The summed E-state index contributed by atoms with van der Waals surface area (Å²) in [6.45, 7) is 10.6. The third-order valence-corrected chi connectivity index (χ3v) is 3.46. The molecule has 0 unspecified atom stereocenters. The maximum Gasteiger partial charge on any atom is -1.00 e. The topological polar surface area (TPSA) is 23.1 Å². The van der Waals surface area contributed by atoms with Gasteiger partial charge in [-0.15, -0.1) is 6.61 Å². The Hall–Kier alpha value is 1.02.